The third-order valence-electron chi connectivity index (χ3n) is 3.58. The van der Waals surface area contributed by atoms with Crippen LogP contribution in [-0.4, -0.2) is 44.6 Å². The third kappa shape index (κ3) is 5.55. The summed E-state index contributed by atoms with van der Waals surface area (Å²) in [6.45, 7) is 1.87. The number of hydrogen-bond donors (Lipinski definition) is 3. The molecular weight excluding hydrogens is 378 g/mol. The maximum atomic E-state index is 12.1. The van der Waals surface area contributed by atoms with Crippen molar-refractivity contribution in [1.82, 2.24) is 20.2 Å². The third-order valence-corrected chi connectivity index (χ3v) is 4.43. The van der Waals surface area contributed by atoms with Crippen molar-refractivity contribution < 1.29 is 9.53 Å². The van der Waals surface area contributed by atoms with E-state index >= 15 is 0 Å². The van der Waals surface area contributed by atoms with Gasteiger partial charge in [0.2, 0.25) is 17.0 Å². The first-order chi connectivity index (χ1) is 13.6. The molecule has 1 amide bonds. The van der Waals surface area contributed by atoms with Crippen LogP contribution in [0.2, 0.25) is 0 Å². The molecule has 0 saturated carbocycles. The van der Waals surface area contributed by atoms with Crippen LogP contribution >= 0.6 is 11.8 Å². The van der Waals surface area contributed by atoms with Gasteiger partial charge in [-0.3, -0.25) is 9.78 Å². The Kier molecular flexibility index (Phi) is 6.58. The van der Waals surface area contributed by atoms with Gasteiger partial charge in [-0.15, -0.1) is 5.10 Å². The molecule has 3 aromatic rings. The summed E-state index contributed by atoms with van der Waals surface area (Å²) in [5.41, 5.74) is 5.22. The summed E-state index contributed by atoms with van der Waals surface area (Å²) in [6, 6.07) is 10.9. The van der Waals surface area contributed by atoms with Gasteiger partial charge < -0.3 is 10.1 Å². The largest absolute Gasteiger partial charge is 0.497 e. The number of aromatic amines is 1. The summed E-state index contributed by atoms with van der Waals surface area (Å²) in [7, 11) is 1.58. The van der Waals surface area contributed by atoms with E-state index in [1.54, 1.807) is 31.6 Å². The van der Waals surface area contributed by atoms with Crippen molar-refractivity contribution >= 4 is 35.0 Å². The van der Waals surface area contributed by atoms with Crippen LogP contribution in [0.4, 0.5) is 11.6 Å². The van der Waals surface area contributed by atoms with Gasteiger partial charge in [-0.05, 0) is 31.2 Å². The van der Waals surface area contributed by atoms with E-state index in [0.29, 0.717) is 22.5 Å². The van der Waals surface area contributed by atoms with Gasteiger partial charge in [0.15, 0.2) is 0 Å². The Hall–Kier alpha value is -3.40. The Balaban J connectivity index is 1.49. The number of nitrogens with one attached hydrogen (secondary N) is 3. The molecular formula is C18H19N7O2S. The first-order valence-corrected chi connectivity index (χ1v) is 9.32. The molecule has 3 rings (SSSR count). The molecule has 0 bridgehead atoms. The molecule has 1 aromatic carbocycles. The minimum atomic E-state index is -0.163. The van der Waals surface area contributed by atoms with Crippen molar-refractivity contribution in [3.63, 3.8) is 0 Å². The van der Waals surface area contributed by atoms with Gasteiger partial charge in [-0.25, -0.2) is 10.5 Å². The molecule has 3 N–H and O–H groups in total. The monoisotopic (exact) mass is 397 g/mol. The number of methoxy groups -OCH3 is 1. The minimum absolute atomic E-state index is 0.163. The van der Waals surface area contributed by atoms with Gasteiger partial charge >= 0.3 is 0 Å². The van der Waals surface area contributed by atoms with Crippen molar-refractivity contribution in [2.24, 2.45) is 5.10 Å². The molecule has 0 saturated heterocycles. The van der Waals surface area contributed by atoms with E-state index in [0.717, 1.165) is 11.3 Å². The topological polar surface area (TPSA) is 117 Å². The minimum Gasteiger partial charge on any atom is -0.497 e. The van der Waals surface area contributed by atoms with Gasteiger partial charge in [0.1, 0.15) is 5.75 Å². The fraction of sp³-hybridized carbons (Fsp3) is 0.167. The number of hydrazone groups is 1. The SMILES string of the molecule is COc1cccc(NC(=O)CSc2n[nH]c(N/N=C(\C)c3ccncc3)n2)c1. The highest BCUT2D eigenvalue weighted by atomic mass is 32.2. The Bertz CT molecular complexity index is 959. The quantitative estimate of drug-likeness (QED) is 0.304. The molecule has 0 fully saturated rings. The van der Waals surface area contributed by atoms with Gasteiger partial charge in [-0.2, -0.15) is 10.1 Å². The number of thioether (sulfide) groups is 1. The van der Waals surface area contributed by atoms with Crippen LogP contribution in [0.3, 0.4) is 0 Å². The predicted octanol–water partition coefficient (Wildman–Crippen LogP) is 2.78. The molecule has 0 aliphatic carbocycles. The zero-order valence-corrected chi connectivity index (χ0v) is 16.2. The number of carbonyl (C=O) groups excluding carboxylic acids is 1. The molecule has 0 spiro atoms. The van der Waals surface area contributed by atoms with Gasteiger partial charge in [0.25, 0.3) is 0 Å². The number of rotatable bonds is 8. The van der Waals surface area contributed by atoms with Gasteiger partial charge in [0.05, 0.1) is 18.6 Å². The van der Waals surface area contributed by atoms with E-state index < -0.39 is 0 Å². The molecule has 2 aromatic heterocycles. The Morgan fingerprint density at radius 2 is 2.11 bits per heavy atom. The van der Waals surface area contributed by atoms with Gasteiger partial charge in [0, 0.05) is 29.7 Å². The highest BCUT2D eigenvalue weighted by Crippen LogP contribution is 2.18. The lowest BCUT2D eigenvalue weighted by molar-refractivity contribution is -0.113. The zero-order chi connectivity index (χ0) is 19.8. The van der Waals surface area contributed by atoms with Crippen LogP contribution in [0.5, 0.6) is 5.75 Å². The van der Waals surface area contributed by atoms with Crippen molar-refractivity contribution in [1.29, 1.82) is 0 Å². The molecule has 0 radical (unpaired) electrons. The first kappa shape index (κ1) is 19.4. The molecule has 144 valence electrons. The molecule has 0 aliphatic rings. The summed E-state index contributed by atoms with van der Waals surface area (Å²) >= 11 is 1.22. The lowest BCUT2D eigenvalue weighted by Crippen LogP contribution is -2.14. The normalized spacial score (nSPS) is 11.1. The maximum Gasteiger partial charge on any atom is 0.240 e. The lowest BCUT2D eigenvalue weighted by Gasteiger charge is -2.06. The second-order valence-corrected chi connectivity index (χ2v) is 6.52. The number of aromatic nitrogens is 4. The molecule has 0 aliphatic heterocycles. The van der Waals surface area contributed by atoms with Crippen LogP contribution in [0.1, 0.15) is 12.5 Å². The van der Waals surface area contributed by atoms with Crippen LogP contribution in [0.15, 0.2) is 59.0 Å². The van der Waals surface area contributed by atoms with Crippen LogP contribution in [-0.2, 0) is 4.79 Å². The van der Waals surface area contributed by atoms with Crippen molar-refractivity contribution in [3.8, 4) is 5.75 Å². The number of ether oxygens (including phenoxy) is 1. The second-order valence-electron chi connectivity index (χ2n) is 5.58. The second kappa shape index (κ2) is 9.51. The summed E-state index contributed by atoms with van der Waals surface area (Å²) in [6.07, 6.45) is 3.40. The van der Waals surface area contributed by atoms with Crippen LogP contribution < -0.4 is 15.5 Å². The number of H-pyrrole nitrogens is 1. The molecule has 28 heavy (non-hydrogen) atoms. The van der Waals surface area contributed by atoms with Crippen LogP contribution in [0.25, 0.3) is 0 Å². The number of amides is 1. The number of carbonyl (C=O) groups is 1. The molecule has 0 atom stereocenters. The van der Waals surface area contributed by atoms with Crippen LogP contribution in [0, 0.1) is 0 Å². The highest BCUT2D eigenvalue weighted by Gasteiger charge is 2.08. The summed E-state index contributed by atoms with van der Waals surface area (Å²) in [5, 5.41) is 14.3. The average molecular weight is 397 g/mol. The summed E-state index contributed by atoms with van der Waals surface area (Å²) in [5.74, 6) is 1.08. The van der Waals surface area contributed by atoms with E-state index in [1.807, 2.05) is 31.2 Å². The number of pyridine rings is 1. The van der Waals surface area contributed by atoms with E-state index in [2.05, 4.69) is 36.0 Å². The number of benzene rings is 1. The molecule has 0 unspecified atom stereocenters. The number of anilines is 2. The van der Waals surface area contributed by atoms with Crippen molar-refractivity contribution in [2.45, 2.75) is 12.1 Å². The van der Waals surface area contributed by atoms with E-state index in [-0.39, 0.29) is 11.7 Å². The van der Waals surface area contributed by atoms with Crippen molar-refractivity contribution in [2.75, 3.05) is 23.6 Å². The standard InChI is InChI=1S/C18H19N7O2S/c1-12(13-6-8-19-9-7-13)22-23-17-21-18(25-24-17)28-11-16(26)20-14-4-3-5-15(10-14)27-2/h3-10H,11H2,1-2H3,(H,20,26)(H2,21,23,24,25)/b22-12+. The highest BCUT2D eigenvalue weighted by molar-refractivity contribution is 7.99. The molecule has 9 nitrogen and oxygen atoms in total. The Labute approximate surface area is 166 Å². The Morgan fingerprint density at radius 1 is 1.29 bits per heavy atom. The predicted molar refractivity (Wildman–Crippen MR) is 109 cm³/mol. The van der Waals surface area contributed by atoms with Gasteiger partial charge in [-0.1, -0.05) is 17.8 Å². The molecule has 10 heteroatoms. The Morgan fingerprint density at radius 3 is 2.89 bits per heavy atom. The average Bonchev–Trinajstić information content (AvgIpc) is 3.19. The van der Waals surface area contributed by atoms with E-state index in [9.17, 15) is 4.79 Å². The summed E-state index contributed by atoms with van der Waals surface area (Å²) < 4.78 is 5.14. The zero-order valence-electron chi connectivity index (χ0n) is 15.3. The summed E-state index contributed by atoms with van der Waals surface area (Å²) in [4.78, 5) is 20.3. The maximum absolute atomic E-state index is 12.1. The number of nitrogens with zero attached hydrogens (tertiary/aromatic N) is 4. The fourth-order valence-electron chi connectivity index (χ4n) is 2.18. The van der Waals surface area contributed by atoms with Crippen molar-refractivity contribution in [3.05, 3.63) is 54.4 Å². The first-order valence-electron chi connectivity index (χ1n) is 8.34. The molecule has 2 heterocycles. The lowest BCUT2D eigenvalue weighted by atomic mass is 10.2. The van der Waals surface area contributed by atoms with E-state index in [4.69, 9.17) is 4.74 Å². The smallest absolute Gasteiger partial charge is 0.240 e. The fourth-order valence-corrected chi connectivity index (χ4v) is 2.78. The van der Waals surface area contributed by atoms with E-state index in [1.165, 1.54) is 11.8 Å². The number of hydrogen-bond acceptors (Lipinski definition) is 8.